The van der Waals surface area contributed by atoms with Crippen molar-refractivity contribution in [3.05, 3.63) is 58.7 Å². The van der Waals surface area contributed by atoms with E-state index in [1.807, 2.05) is 19.0 Å². The Bertz CT molecular complexity index is 1250. The highest BCUT2D eigenvalue weighted by Crippen LogP contribution is 2.67. The summed E-state index contributed by atoms with van der Waals surface area (Å²) >= 11 is 0. The van der Waals surface area contributed by atoms with Crippen LogP contribution in [0.4, 0.5) is 5.69 Å². The fourth-order valence-corrected chi connectivity index (χ4v) is 8.31. The van der Waals surface area contributed by atoms with Gasteiger partial charge in [-0.3, -0.25) is 0 Å². The molecule has 3 aliphatic carbocycles. The van der Waals surface area contributed by atoms with Gasteiger partial charge in [0.15, 0.2) is 0 Å². The van der Waals surface area contributed by atoms with Gasteiger partial charge in [-0.05, 0) is 81.5 Å². The monoisotopic (exact) mass is 473 g/mol. The van der Waals surface area contributed by atoms with E-state index >= 15 is 0 Å². The van der Waals surface area contributed by atoms with Crippen LogP contribution in [0.5, 0.6) is 0 Å². The molecule has 7 rings (SSSR count). The van der Waals surface area contributed by atoms with Crippen molar-refractivity contribution < 1.29 is 14.9 Å². The van der Waals surface area contributed by atoms with Crippen LogP contribution in [0.2, 0.25) is 0 Å². The third-order valence-electron chi connectivity index (χ3n) is 10.2. The zero-order valence-corrected chi connectivity index (χ0v) is 21.0. The van der Waals surface area contributed by atoms with Crippen LogP contribution in [0.1, 0.15) is 63.1 Å². The summed E-state index contributed by atoms with van der Waals surface area (Å²) in [4.78, 5) is 2.03. The average Bonchev–Trinajstić information content (AvgIpc) is 3.48. The summed E-state index contributed by atoms with van der Waals surface area (Å²) in [7, 11) is 3.96. The smallest absolute Gasteiger partial charge is 0.105 e. The van der Waals surface area contributed by atoms with Gasteiger partial charge < -0.3 is 19.8 Å². The van der Waals surface area contributed by atoms with E-state index in [0.717, 1.165) is 43.4 Å². The molecule has 3 aliphatic heterocycles. The van der Waals surface area contributed by atoms with Gasteiger partial charge in [0, 0.05) is 22.9 Å². The summed E-state index contributed by atoms with van der Waals surface area (Å²) in [5.74, 6) is 0.345. The first-order chi connectivity index (χ1) is 16.7. The highest BCUT2D eigenvalue weighted by Gasteiger charge is 2.67. The van der Waals surface area contributed by atoms with E-state index in [4.69, 9.17) is 4.74 Å². The van der Waals surface area contributed by atoms with Crippen LogP contribution in [0, 0.1) is 11.3 Å². The molecule has 0 aromatic heterocycles. The second-order valence-corrected chi connectivity index (χ2v) is 12.1. The van der Waals surface area contributed by atoms with Crippen molar-refractivity contribution in [1.82, 2.24) is 4.90 Å². The molecule has 0 amide bonds. The summed E-state index contributed by atoms with van der Waals surface area (Å²) in [6.07, 6.45) is 9.79. The fourth-order valence-electron chi connectivity index (χ4n) is 8.31. The lowest BCUT2D eigenvalue weighted by atomic mass is 9.58. The number of ether oxygens (including phenoxy) is 1. The number of aliphatic hydroxyl groups excluding tert-OH is 2. The molecule has 1 aromatic carbocycles. The van der Waals surface area contributed by atoms with E-state index in [9.17, 15) is 10.2 Å². The lowest BCUT2D eigenvalue weighted by Crippen LogP contribution is -2.61. The maximum absolute atomic E-state index is 11.1. The van der Waals surface area contributed by atoms with Crippen LogP contribution < -0.4 is 0 Å². The topological polar surface area (TPSA) is 77.7 Å². The molecule has 1 saturated carbocycles. The molecule has 8 atom stereocenters. The molecule has 6 nitrogen and oxygen atoms in total. The summed E-state index contributed by atoms with van der Waals surface area (Å²) in [6, 6.07) is 6.68. The molecule has 2 spiro atoms. The molecule has 3 heterocycles. The molecule has 2 N–H and O–H groups in total. The number of likely N-dealkylation sites (N-methyl/N-ethyl adjacent to an activating group) is 1. The van der Waals surface area contributed by atoms with E-state index in [1.165, 1.54) is 22.3 Å². The van der Waals surface area contributed by atoms with Gasteiger partial charge in [-0.15, -0.1) is 0 Å². The average molecular weight is 474 g/mol. The van der Waals surface area contributed by atoms with Crippen molar-refractivity contribution in [2.24, 2.45) is 21.6 Å². The number of allylic oxidation sites excluding steroid dienone is 3. The molecule has 1 saturated heterocycles. The van der Waals surface area contributed by atoms with Gasteiger partial charge in [-0.2, -0.15) is 10.2 Å². The third-order valence-corrected chi connectivity index (χ3v) is 10.2. The lowest BCUT2D eigenvalue weighted by molar-refractivity contribution is -0.161. The molecule has 1 unspecified atom stereocenters. The van der Waals surface area contributed by atoms with Crippen LogP contribution >= 0.6 is 0 Å². The van der Waals surface area contributed by atoms with E-state index < -0.39 is 17.8 Å². The van der Waals surface area contributed by atoms with Crippen LogP contribution in [0.15, 0.2) is 57.8 Å². The summed E-state index contributed by atoms with van der Waals surface area (Å²) < 4.78 is 7.23. The summed E-state index contributed by atoms with van der Waals surface area (Å²) in [6.45, 7) is 4.50. The first-order valence-electron chi connectivity index (χ1n) is 13.1. The molecule has 1 aromatic rings. The second-order valence-electron chi connectivity index (χ2n) is 12.1. The van der Waals surface area contributed by atoms with Crippen LogP contribution in [0.25, 0.3) is 5.57 Å². The molecule has 2 fully saturated rings. The Kier molecular flexibility index (Phi) is 4.42. The highest BCUT2D eigenvalue weighted by molar-refractivity contribution is 5.77. The number of rotatable bonds is 2. The first kappa shape index (κ1) is 22.1. The standard InChI is InChI=1S/C29H35N3O3/c1-16-19-6-5-17(13-22(19)31-30-16)20-7-8-24-27(20,2)10-9-18-14-21-25(33)26(34)23(32(3)4)15-28(21)11-12-29(18,24)35-28/h5-7,9,13-14,16,23-26,33-34H,8,10-12,15H2,1-4H3/t16?,23-,24+,25+,26+,27+,28+,29+/m0/s1. The number of benzene rings is 1. The minimum atomic E-state index is -0.887. The first-order valence-corrected chi connectivity index (χ1v) is 13.1. The number of fused-ring (bicyclic) bond motifs is 2. The van der Waals surface area contributed by atoms with Crippen molar-refractivity contribution in [1.29, 1.82) is 0 Å². The summed E-state index contributed by atoms with van der Waals surface area (Å²) in [5, 5.41) is 30.8. The van der Waals surface area contributed by atoms with E-state index in [0.29, 0.717) is 5.92 Å². The Labute approximate surface area is 207 Å². The Hall–Kier alpha value is -2.12. The van der Waals surface area contributed by atoms with Crippen molar-refractivity contribution >= 4 is 11.3 Å². The predicted molar refractivity (Wildman–Crippen MR) is 134 cm³/mol. The Morgan fingerprint density at radius 3 is 2.77 bits per heavy atom. The van der Waals surface area contributed by atoms with Crippen molar-refractivity contribution in [3.63, 3.8) is 0 Å². The lowest BCUT2D eigenvalue weighted by Gasteiger charge is -2.55. The quantitative estimate of drug-likeness (QED) is 0.643. The van der Waals surface area contributed by atoms with E-state index in [2.05, 4.69) is 60.5 Å². The number of aliphatic hydroxyl groups is 2. The zero-order chi connectivity index (χ0) is 24.3. The molecular formula is C29H35N3O3. The number of azo groups is 1. The van der Waals surface area contributed by atoms with E-state index in [1.54, 1.807) is 0 Å². The maximum atomic E-state index is 11.1. The largest absolute Gasteiger partial charge is 0.388 e. The van der Waals surface area contributed by atoms with Crippen LogP contribution in [-0.2, 0) is 4.74 Å². The van der Waals surface area contributed by atoms with Gasteiger partial charge in [0.1, 0.15) is 6.10 Å². The molecule has 2 bridgehead atoms. The minimum Gasteiger partial charge on any atom is -0.388 e. The van der Waals surface area contributed by atoms with Gasteiger partial charge >= 0.3 is 0 Å². The number of hydrogen-bond acceptors (Lipinski definition) is 6. The number of nitrogens with zero attached hydrogens (tertiary/aromatic N) is 3. The third kappa shape index (κ3) is 2.69. The molecule has 6 aliphatic rings. The number of hydrogen-bond donors (Lipinski definition) is 2. The summed E-state index contributed by atoms with van der Waals surface area (Å²) in [5.41, 5.74) is 6.10. The highest BCUT2D eigenvalue weighted by atomic mass is 16.5. The van der Waals surface area contributed by atoms with E-state index in [-0.39, 0.29) is 23.1 Å². The molecule has 184 valence electrons. The second kappa shape index (κ2) is 7.00. The van der Waals surface area contributed by atoms with Gasteiger partial charge in [0.25, 0.3) is 0 Å². The van der Waals surface area contributed by atoms with Crippen molar-refractivity contribution in [2.75, 3.05) is 14.1 Å². The van der Waals surface area contributed by atoms with Gasteiger partial charge in [-0.1, -0.05) is 37.3 Å². The van der Waals surface area contributed by atoms with Gasteiger partial charge in [0.2, 0.25) is 0 Å². The van der Waals surface area contributed by atoms with Crippen LogP contribution in [-0.4, -0.2) is 58.7 Å². The molecule has 35 heavy (non-hydrogen) atoms. The van der Waals surface area contributed by atoms with Crippen LogP contribution in [0.3, 0.4) is 0 Å². The molecular weight excluding hydrogens is 438 g/mol. The minimum absolute atomic E-state index is 0.0241. The zero-order valence-electron chi connectivity index (χ0n) is 21.0. The SMILES string of the molecule is CC1N=Nc2cc(C3=CC[C@@H]4[C@]3(C)CC=C3C=C5[C@@H](O)[C@H](O)[C@@H](N(C)C)C[C@]56CC[C@@]34O6)ccc21. The fraction of sp³-hybridized carbons (Fsp3) is 0.586. The van der Waals surface area contributed by atoms with Gasteiger partial charge in [-0.25, -0.2) is 0 Å². The molecule has 6 heteroatoms. The Morgan fingerprint density at radius 1 is 1.14 bits per heavy atom. The molecule has 0 radical (unpaired) electrons. The van der Waals surface area contributed by atoms with Crippen molar-refractivity contribution in [2.45, 2.75) is 81.4 Å². The predicted octanol–water partition coefficient (Wildman–Crippen LogP) is 4.87. The Balaban J connectivity index is 1.28. The van der Waals surface area contributed by atoms with Gasteiger partial charge in [0.05, 0.1) is 29.0 Å². The maximum Gasteiger partial charge on any atom is 0.105 e. The normalized spacial score (nSPS) is 44.9. The Morgan fingerprint density at radius 2 is 1.97 bits per heavy atom. The van der Waals surface area contributed by atoms with Crippen molar-refractivity contribution in [3.8, 4) is 0 Å².